The van der Waals surface area contributed by atoms with Crippen LogP contribution in [0.15, 0.2) is 10.2 Å². The number of hydrogen-bond donors (Lipinski definition) is 0. The van der Waals surface area contributed by atoms with Crippen LogP contribution in [0.5, 0.6) is 0 Å². The number of azo groups is 1. The molecule has 104 valence electrons. The Hall–Kier alpha value is -0.510. The summed E-state index contributed by atoms with van der Waals surface area (Å²) in [6.45, 7) is 2.90. The summed E-state index contributed by atoms with van der Waals surface area (Å²) in [6.07, 6.45) is 1.51. The zero-order valence-electron chi connectivity index (χ0n) is 8.89. The number of amides is 1. The second-order valence-corrected chi connectivity index (χ2v) is 2.25. The van der Waals surface area contributed by atoms with E-state index in [1.165, 1.54) is 0 Å². The molecule has 0 radical (unpaired) electrons. The smallest absolute Gasteiger partial charge is 0.225 e. The van der Waals surface area contributed by atoms with Gasteiger partial charge in [-0.1, -0.05) is 6.92 Å². The Bertz CT molecular complexity index is 164. The molecule has 1 aliphatic heterocycles. The second-order valence-electron chi connectivity index (χ2n) is 2.25. The van der Waals surface area contributed by atoms with Crippen LogP contribution in [0.4, 0.5) is 0 Å². The van der Waals surface area contributed by atoms with Crippen LogP contribution in [0.1, 0.15) is 19.8 Å². The molecule has 0 fully saturated rings. The van der Waals surface area contributed by atoms with Gasteiger partial charge in [-0.3, -0.25) is 9.69 Å². The van der Waals surface area contributed by atoms with E-state index in [0.29, 0.717) is 19.8 Å². The molecule has 16 heavy (non-hydrogen) atoms. The predicted octanol–water partition coefficient (Wildman–Crippen LogP) is -1.46. The van der Waals surface area contributed by atoms with Gasteiger partial charge in [0, 0.05) is 6.42 Å². The van der Waals surface area contributed by atoms with Crippen molar-refractivity contribution in [3.63, 3.8) is 0 Å². The summed E-state index contributed by atoms with van der Waals surface area (Å²) >= 11 is 0. The van der Waals surface area contributed by atoms with Gasteiger partial charge in [-0.2, -0.15) is 10.2 Å². The van der Waals surface area contributed by atoms with E-state index in [1.807, 2.05) is 6.92 Å². The summed E-state index contributed by atoms with van der Waals surface area (Å²) in [5.41, 5.74) is 0. The van der Waals surface area contributed by atoms with Crippen molar-refractivity contribution in [2.24, 2.45) is 10.2 Å². The molecule has 0 atom stereocenters. The van der Waals surface area contributed by atoms with Crippen molar-refractivity contribution in [3.05, 3.63) is 0 Å². The number of carbonyl (C=O) groups excluding carboxylic acids is 1. The molecule has 1 heterocycles. The van der Waals surface area contributed by atoms with E-state index >= 15 is 0 Å². The van der Waals surface area contributed by atoms with E-state index in [0.717, 1.165) is 6.42 Å². The molecule has 8 nitrogen and oxygen atoms in total. The summed E-state index contributed by atoms with van der Waals surface area (Å²) in [5, 5.41) is 7.40. The first-order chi connectivity index (χ1) is 4.84. The van der Waals surface area contributed by atoms with Crippen molar-refractivity contribution in [2.45, 2.75) is 19.8 Å². The van der Waals surface area contributed by atoms with Crippen molar-refractivity contribution < 1.29 is 26.7 Å². The highest BCUT2D eigenvalue weighted by molar-refractivity contribution is 5.85. The molecule has 0 bridgehead atoms. The summed E-state index contributed by atoms with van der Waals surface area (Å²) in [6, 6.07) is 0. The van der Waals surface area contributed by atoms with Crippen molar-refractivity contribution in [3.8, 4) is 0 Å². The number of rotatable bonds is 2. The number of nitrogens with zero attached hydrogens (tertiary/aromatic N) is 3. The fourth-order valence-corrected chi connectivity index (χ4v) is 0.817. The Balaban J connectivity index is -0.0000000417. The third-order valence-electron chi connectivity index (χ3n) is 1.38. The Kier molecular flexibility index (Phi) is 45.1. The van der Waals surface area contributed by atoms with E-state index in [2.05, 4.69) is 10.2 Å². The van der Waals surface area contributed by atoms with Gasteiger partial charge in [-0.15, -0.1) is 24.8 Å². The Morgan fingerprint density at radius 1 is 1.06 bits per heavy atom. The van der Waals surface area contributed by atoms with Crippen molar-refractivity contribution in [1.29, 1.82) is 0 Å². The molecule has 0 unspecified atom stereocenters. The monoisotopic (exact) mass is 285 g/mol. The molecule has 0 aromatic carbocycles. The zero-order chi connectivity index (χ0) is 7.40. The highest BCUT2D eigenvalue weighted by Crippen LogP contribution is 2.03. The average Bonchev–Trinajstić information content (AvgIpc) is 2.38. The molecular weight excluding hydrogens is 265 g/mol. The SMILES string of the molecule is CCCC(=O)N1CN=NC1.Cl.Cl.O.O.O.O. The minimum Gasteiger partial charge on any atom is -0.412 e. The molecule has 1 aliphatic rings. The highest BCUT2D eigenvalue weighted by Gasteiger charge is 2.13. The predicted molar refractivity (Wildman–Crippen MR) is 65.3 cm³/mol. The summed E-state index contributed by atoms with van der Waals surface area (Å²) < 4.78 is 0. The van der Waals surface area contributed by atoms with Crippen LogP contribution in [0.2, 0.25) is 0 Å². The topological polar surface area (TPSA) is 171 Å². The third-order valence-corrected chi connectivity index (χ3v) is 1.38. The van der Waals surface area contributed by atoms with E-state index in [4.69, 9.17) is 0 Å². The van der Waals surface area contributed by atoms with Crippen LogP contribution in [0.3, 0.4) is 0 Å². The van der Waals surface area contributed by atoms with E-state index in [9.17, 15) is 4.79 Å². The molecule has 0 spiro atoms. The van der Waals surface area contributed by atoms with Gasteiger partial charge in [-0.05, 0) is 6.42 Å². The molecule has 0 aliphatic carbocycles. The molecule has 10 heteroatoms. The zero-order valence-corrected chi connectivity index (χ0v) is 10.5. The minimum atomic E-state index is 0. The van der Waals surface area contributed by atoms with E-state index in [1.54, 1.807) is 4.90 Å². The highest BCUT2D eigenvalue weighted by atomic mass is 35.5. The molecule has 1 amide bonds. The van der Waals surface area contributed by atoms with Crippen molar-refractivity contribution in [2.75, 3.05) is 13.3 Å². The van der Waals surface area contributed by atoms with Gasteiger partial charge >= 0.3 is 0 Å². The minimum absolute atomic E-state index is 0. The fourth-order valence-electron chi connectivity index (χ4n) is 0.817. The molecule has 0 aromatic heterocycles. The van der Waals surface area contributed by atoms with Crippen LogP contribution in [-0.2, 0) is 4.79 Å². The lowest BCUT2D eigenvalue weighted by molar-refractivity contribution is -0.130. The van der Waals surface area contributed by atoms with E-state index < -0.39 is 0 Å². The summed E-state index contributed by atoms with van der Waals surface area (Å²) in [4.78, 5) is 12.7. The molecule has 1 rings (SSSR count). The molecule has 0 aromatic rings. The first-order valence-electron chi connectivity index (χ1n) is 3.45. The maximum absolute atomic E-state index is 11.1. The van der Waals surface area contributed by atoms with Gasteiger partial charge in [0.05, 0.1) is 0 Å². The first-order valence-corrected chi connectivity index (χ1v) is 3.45. The van der Waals surface area contributed by atoms with Crippen molar-refractivity contribution >= 4 is 30.7 Å². The van der Waals surface area contributed by atoms with Gasteiger partial charge in [0.25, 0.3) is 0 Å². The average molecular weight is 286 g/mol. The standard InChI is InChI=1S/C6H11N3O.2ClH.4H2O/c1-2-3-6(10)9-4-7-8-5-9;;;;;;/h2-5H2,1H3;2*1H;4*1H2. The van der Waals surface area contributed by atoms with Crippen LogP contribution >= 0.6 is 24.8 Å². The Morgan fingerprint density at radius 2 is 1.44 bits per heavy atom. The third kappa shape index (κ3) is 11.6. The lowest BCUT2D eigenvalue weighted by Crippen LogP contribution is -2.27. The molecule has 0 saturated heterocycles. The Morgan fingerprint density at radius 3 is 1.75 bits per heavy atom. The quantitative estimate of drug-likeness (QED) is 0.593. The van der Waals surface area contributed by atoms with Crippen LogP contribution in [-0.4, -0.2) is 46.0 Å². The summed E-state index contributed by atoms with van der Waals surface area (Å²) in [7, 11) is 0. The normalized spacial score (nSPS) is 10.2. The first kappa shape index (κ1) is 36.1. The van der Waals surface area contributed by atoms with Crippen LogP contribution in [0.25, 0.3) is 0 Å². The maximum Gasteiger partial charge on any atom is 0.225 e. The fraction of sp³-hybridized carbons (Fsp3) is 0.833. The van der Waals surface area contributed by atoms with Gasteiger partial charge in [0.15, 0.2) is 0 Å². The van der Waals surface area contributed by atoms with Crippen LogP contribution < -0.4 is 0 Å². The Labute approximate surface area is 106 Å². The van der Waals surface area contributed by atoms with Gasteiger partial charge in [-0.25, -0.2) is 0 Å². The van der Waals surface area contributed by atoms with Gasteiger partial charge in [0.2, 0.25) is 5.91 Å². The lowest BCUT2D eigenvalue weighted by atomic mass is 10.3. The van der Waals surface area contributed by atoms with Gasteiger partial charge < -0.3 is 21.9 Å². The van der Waals surface area contributed by atoms with Gasteiger partial charge in [0.1, 0.15) is 13.3 Å². The molecule has 0 saturated carbocycles. The maximum atomic E-state index is 11.1. The van der Waals surface area contributed by atoms with Crippen molar-refractivity contribution in [1.82, 2.24) is 4.90 Å². The van der Waals surface area contributed by atoms with E-state index in [-0.39, 0.29) is 52.6 Å². The number of hydrogen-bond acceptors (Lipinski definition) is 3. The number of halogens is 2. The molecule has 8 N–H and O–H groups in total. The second kappa shape index (κ2) is 20.0. The lowest BCUT2D eigenvalue weighted by Gasteiger charge is -2.10. The molecular formula is C6H21Cl2N3O5. The largest absolute Gasteiger partial charge is 0.412 e. The van der Waals surface area contributed by atoms with Crippen LogP contribution in [0, 0.1) is 0 Å². The number of carbonyl (C=O) groups is 1. The summed E-state index contributed by atoms with van der Waals surface area (Å²) in [5.74, 6) is 0.160.